The van der Waals surface area contributed by atoms with Crippen molar-refractivity contribution in [2.45, 2.75) is 6.92 Å². The Bertz CT molecular complexity index is 424. The van der Waals surface area contributed by atoms with Crippen LogP contribution in [0.3, 0.4) is 0 Å². The molecular formula is C12H14N2O3. The molecule has 0 saturated heterocycles. The van der Waals surface area contributed by atoms with Gasteiger partial charge in [0.1, 0.15) is 5.75 Å². The SMILES string of the molecule is CC(=O)Oc1ccc(/C=C/NC(=O)CN)cc1. The Morgan fingerprint density at radius 1 is 1.35 bits per heavy atom. The van der Waals surface area contributed by atoms with Crippen molar-refractivity contribution in [1.29, 1.82) is 0 Å². The molecule has 0 spiro atoms. The summed E-state index contributed by atoms with van der Waals surface area (Å²) >= 11 is 0. The van der Waals surface area contributed by atoms with E-state index in [-0.39, 0.29) is 18.4 Å². The molecule has 1 rings (SSSR count). The monoisotopic (exact) mass is 234 g/mol. The molecule has 0 saturated carbocycles. The number of nitrogens with two attached hydrogens (primary N) is 1. The first-order valence-electron chi connectivity index (χ1n) is 5.06. The Morgan fingerprint density at radius 3 is 2.53 bits per heavy atom. The standard InChI is InChI=1S/C12H14N2O3/c1-9(15)17-11-4-2-10(3-5-11)6-7-14-12(16)8-13/h2-7H,8,13H2,1H3,(H,14,16)/b7-6+. The first kappa shape index (κ1) is 12.9. The lowest BCUT2D eigenvalue weighted by Crippen LogP contribution is -2.25. The van der Waals surface area contributed by atoms with Gasteiger partial charge >= 0.3 is 5.97 Å². The van der Waals surface area contributed by atoms with Crippen LogP contribution in [0.15, 0.2) is 30.5 Å². The number of nitrogens with one attached hydrogen (secondary N) is 1. The molecule has 90 valence electrons. The molecule has 0 aliphatic rings. The van der Waals surface area contributed by atoms with E-state index in [1.165, 1.54) is 13.1 Å². The Morgan fingerprint density at radius 2 is 2.00 bits per heavy atom. The summed E-state index contributed by atoms with van der Waals surface area (Å²) in [6.45, 7) is 1.30. The van der Waals surface area contributed by atoms with Crippen molar-refractivity contribution in [3.05, 3.63) is 36.0 Å². The van der Waals surface area contributed by atoms with Crippen LogP contribution in [-0.4, -0.2) is 18.4 Å². The zero-order valence-electron chi connectivity index (χ0n) is 9.47. The van der Waals surface area contributed by atoms with Gasteiger partial charge in [0.05, 0.1) is 6.54 Å². The highest BCUT2D eigenvalue weighted by molar-refractivity contribution is 5.79. The molecule has 3 N–H and O–H groups in total. The van der Waals surface area contributed by atoms with Crippen molar-refractivity contribution in [3.63, 3.8) is 0 Å². The van der Waals surface area contributed by atoms with Gasteiger partial charge in [0, 0.05) is 13.1 Å². The molecule has 0 unspecified atom stereocenters. The molecule has 17 heavy (non-hydrogen) atoms. The smallest absolute Gasteiger partial charge is 0.308 e. The predicted octanol–water partition coefficient (Wildman–Crippen LogP) is 0.658. The predicted molar refractivity (Wildman–Crippen MR) is 64.0 cm³/mol. The average molecular weight is 234 g/mol. The summed E-state index contributed by atoms with van der Waals surface area (Å²) in [5, 5.41) is 2.50. The maximum atomic E-state index is 10.8. The van der Waals surface area contributed by atoms with Gasteiger partial charge in [-0.1, -0.05) is 12.1 Å². The number of benzene rings is 1. The van der Waals surface area contributed by atoms with Gasteiger partial charge in [0.2, 0.25) is 5.91 Å². The van der Waals surface area contributed by atoms with E-state index in [9.17, 15) is 9.59 Å². The Hall–Kier alpha value is -2.14. The summed E-state index contributed by atoms with van der Waals surface area (Å²) in [5.41, 5.74) is 6.00. The normalized spacial score (nSPS) is 10.2. The number of rotatable bonds is 4. The van der Waals surface area contributed by atoms with Gasteiger partial charge in [0.25, 0.3) is 0 Å². The van der Waals surface area contributed by atoms with Gasteiger partial charge in [-0.25, -0.2) is 0 Å². The van der Waals surface area contributed by atoms with Crippen molar-refractivity contribution in [1.82, 2.24) is 5.32 Å². The van der Waals surface area contributed by atoms with Crippen LogP contribution in [0, 0.1) is 0 Å². The van der Waals surface area contributed by atoms with Crippen LogP contribution in [-0.2, 0) is 9.59 Å². The Labute approximate surface area is 99.3 Å². The summed E-state index contributed by atoms with van der Waals surface area (Å²) in [5.74, 6) is -0.123. The molecule has 0 fully saturated rings. The highest BCUT2D eigenvalue weighted by Crippen LogP contribution is 2.12. The Balaban J connectivity index is 2.56. The lowest BCUT2D eigenvalue weighted by Gasteiger charge is -2.01. The number of hydrogen-bond acceptors (Lipinski definition) is 4. The zero-order chi connectivity index (χ0) is 12.7. The van der Waals surface area contributed by atoms with Gasteiger partial charge in [-0.15, -0.1) is 0 Å². The van der Waals surface area contributed by atoms with E-state index in [1.54, 1.807) is 30.3 Å². The maximum Gasteiger partial charge on any atom is 0.308 e. The second kappa shape index (κ2) is 6.44. The van der Waals surface area contributed by atoms with Crippen molar-refractivity contribution in [2.24, 2.45) is 5.73 Å². The molecule has 0 aliphatic carbocycles. The van der Waals surface area contributed by atoms with E-state index in [0.29, 0.717) is 5.75 Å². The lowest BCUT2D eigenvalue weighted by atomic mass is 10.2. The van der Waals surface area contributed by atoms with Crippen LogP contribution in [0.25, 0.3) is 6.08 Å². The van der Waals surface area contributed by atoms with Gasteiger partial charge in [0.15, 0.2) is 0 Å². The van der Waals surface area contributed by atoms with Crippen LogP contribution in [0.5, 0.6) is 5.75 Å². The maximum absolute atomic E-state index is 10.8. The number of ether oxygens (including phenoxy) is 1. The fraction of sp³-hybridized carbons (Fsp3) is 0.167. The molecule has 1 aromatic rings. The first-order chi connectivity index (χ1) is 8.11. The lowest BCUT2D eigenvalue weighted by molar-refractivity contribution is -0.131. The number of hydrogen-bond donors (Lipinski definition) is 2. The molecule has 0 bridgehead atoms. The van der Waals surface area contributed by atoms with E-state index in [4.69, 9.17) is 10.5 Å². The van der Waals surface area contributed by atoms with E-state index in [1.807, 2.05) is 0 Å². The topological polar surface area (TPSA) is 81.4 Å². The van der Waals surface area contributed by atoms with Gasteiger partial charge < -0.3 is 15.8 Å². The quantitative estimate of drug-likeness (QED) is 0.592. The average Bonchev–Trinajstić information content (AvgIpc) is 2.30. The zero-order valence-corrected chi connectivity index (χ0v) is 9.47. The second-order valence-corrected chi connectivity index (χ2v) is 3.27. The third kappa shape index (κ3) is 4.94. The van der Waals surface area contributed by atoms with Gasteiger partial charge in [-0.3, -0.25) is 9.59 Å². The molecule has 0 atom stereocenters. The molecular weight excluding hydrogens is 220 g/mol. The van der Waals surface area contributed by atoms with E-state index in [0.717, 1.165) is 5.56 Å². The van der Waals surface area contributed by atoms with Crippen LogP contribution in [0.1, 0.15) is 12.5 Å². The van der Waals surface area contributed by atoms with Crippen LogP contribution < -0.4 is 15.8 Å². The third-order valence-corrected chi connectivity index (χ3v) is 1.85. The van der Waals surface area contributed by atoms with E-state index < -0.39 is 0 Å². The van der Waals surface area contributed by atoms with Crippen LogP contribution in [0.4, 0.5) is 0 Å². The summed E-state index contributed by atoms with van der Waals surface area (Å²) in [6.07, 6.45) is 3.22. The minimum absolute atomic E-state index is 0.0459. The fourth-order valence-corrected chi connectivity index (χ4v) is 1.10. The summed E-state index contributed by atoms with van der Waals surface area (Å²) in [6, 6.07) is 6.88. The second-order valence-electron chi connectivity index (χ2n) is 3.27. The molecule has 1 aromatic carbocycles. The summed E-state index contributed by atoms with van der Waals surface area (Å²) < 4.78 is 4.88. The van der Waals surface area contributed by atoms with Crippen molar-refractivity contribution in [2.75, 3.05) is 6.54 Å². The number of esters is 1. The minimum Gasteiger partial charge on any atom is -0.427 e. The van der Waals surface area contributed by atoms with Gasteiger partial charge in [-0.05, 0) is 23.8 Å². The van der Waals surface area contributed by atoms with Crippen LogP contribution in [0.2, 0.25) is 0 Å². The van der Waals surface area contributed by atoms with E-state index in [2.05, 4.69) is 5.32 Å². The van der Waals surface area contributed by atoms with E-state index >= 15 is 0 Å². The largest absolute Gasteiger partial charge is 0.427 e. The fourth-order valence-electron chi connectivity index (χ4n) is 1.10. The molecule has 0 radical (unpaired) electrons. The minimum atomic E-state index is -0.358. The summed E-state index contributed by atoms with van der Waals surface area (Å²) in [7, 11) is 0. The molecule has 5 nitrogen and oxygen atoms in total. The number of amides is 1. The molecule has 0 heterocycles. The molecule has 5 heteroatoms. The molecule has 0 aromatic heterocycles. The third-order valence-electron chi connectivity index (χ3n) is 1.85. The number of carbonyl (C=O) groups excluding carboxylic acids is 2. The van der Waals surface area contributed by atoms with Crippen molar-refractivity contribution in [3.8, 4) is 5.75 Å². The van der Waals surface area contributed by atoms with Crippen molar-refractivity contribution >= 4 is 18.0 Å². The Kier molecular flexibility index (Phi) is 4.90. The number of carbonyl (C=O) groups is 2. The first-order valence-corrected chi connectivity index (χ1v) is 5.06. The highest BCUT2D eigenvalue weighted by Gasteiger charge is 1.96. The molecule has 0 aliphatic heterocycles. The van der Waals surface area contributed by atoms with Gasteiger partial charge in [-0.2, -0.15) is 0 Å². The highest BCUT2D eigenvalue weighted by atomic mass is 16.5. The van der Waals surface area contributed by atoms with Crippen molar-refractivity contribution < 1.29 is 14.3 Å². The summed E-state index contributed by atoms with van der Waals surface area (Å²) in [4.78, 5) is 21.5. The molecule has 1 amide bonds. The van der Waals surface area contributed by atoms with Crippen LogP contribution >= 0.6 is 0 Å².